The second-order valence-corrected chi connectivity index (χ2v) is 9.39. The van der Waals surface area contributed by atoms with E-state index in [0.29, 0.717) is 34.3 Å². The molecule has 0 aromatic heterocycles. The minimum Gasteiger partial charge on any atom is -0.755 e. The van der Waals surface area contributed by atoms with Crippen LogP contribution in [-0.2, 0) is 17.7 Å². The van der Waals surface area contributed by atoms with Crippen LogP contribution in [0.15, 0.2) is 42.5 Å². The zero-order valence-corrected chi connectivity index (χ0v) is 20.3. The van der Waals surface area contributed by atoms with Gasteiger partial charge in [-0.15, -0.1) is 0 Å². The molecule has 1 aliphatic rings. The molecule has 2 aromatic carbocycles. The first-order valence-corrected chi connectivity index (χ1v) is 12.2. The van der Waals surface area contributed by atoms with Gasteiger partial charge in [-0.3, -0.25) is 13.9 Å². The number of rotatable bonds is 9. The Balaban J connectivity index is 1.54. The Morgan fingerprint density at radius 3 is 2.47 bits per heavy atom. The van der Waals surface area contributed by atoms with Gasteiger partial charge in [-0.1, -0.05) is 35.3 Å². The van der Waals surface area contributed by atoms with E-state index in [9.17, 15) is 13.6 Å². The number of carbonyl (C=O) groups is 1. The third-order valence-electron chi connectivity index (χ3n) is 5.52. The van der Waals surface area contributed by atoms with Gasteiger partial charge in [-0.05, 0) is 49.4 Å². The van der Waals surface area contributed by atoms with E-state index in [-0.39, 0.29) is 12.5 Å². The normalized spacial score (nSPS) is 16.0. The molecule has 0 aliphatic carbocycles. The van der Waals surface area contributed by atoms with E-state index in [1.807, 2.05) is 6.07 Å². The van der Waals surface area contributed by atoms with Crippen molar-refractivity contribution in [2.45, 2.75) is 6.42 Å². The number of hydrogen-bond donors (Lipinski definition) is 1. The van der Waals surface area contributed by atoms with E-state index in [0.717, 1.165) is 38.3 Å². The predicted octanol–water partition coefficient (Wildman–Crippen LogP) is 2.81. The number of anilines is 1. The van der Waals surface area contributed by atoms with Gasteiger partial charge in [0.2, 0.25) is 0 Å². The largest absolute Gasteiger partial charge is 0.755 e. The summed E-state index contributed by atoms with van der Waals surface area (Å²) in [7, 11) is 2.11. The third-order valence-corrected chi connectivity index (χ3v) is 7.13. The minimum absolute atomic E-state index is 0.175. The fourth-order valence-corrected chi connectivity index (χ4v) is 4.48. The Morgan fingerprint density at radius 2 is 1.81 bits per heavy atom. The van der Waals surface area contributed by atoms with E-state index in [4.69, 9.17) is 23.2 Å². The molecule has 10 heteroatoms. The lowest BCUT2D eigenvalue weighted by atomic mass is 10.1. The highest BCUT2D eigenvalue weighted by Gasteiger charge is 2.15. The van der Waals surface area contributed by atoms with Crippen LogP contribution in [0.2, 0.25) is 10.0 Å². The Labute approximate surface area is 201 Å². The molecule has 7 nitrogen and oxygen atoms in total. The lowest BCUT2D eigenvalue weighted by Crippen LogP contribution is -2.46. The fraction of sp³-hybridized carbons (Fsp3) is 0.409. The SMILES string of the molecule is CN1CCN(CCNC(=O)c2ccc(N(CCc3cccc(Cl)c3Cl)S(=O)[O-])cc2)CC1. The van der Waals surface area contributed by atoms with E-state index in [2.05, 4.69) is 22.2 Å². The van der Waals surface area contributed by atoms with Crippen LogP contribution in [0.1, 0.15) is 15.9 Å². The van der Waals surface area contributed by atoms with Crippen molar-refractivity contribution in [2.24, 2.45) is 0 Å². The zero-order valence-electron chi connectivity index (χ0n) is 17.9. The van der Waals surface area contributed by atoms with Gasteiger partial charge in [0.05, 0.1) is 10.0 Å². The molecule has 1 saturated heterocycles. The number of halogens is 2. The van der Waals surface area contributed by atoms with Crippen molar-refractivity contribution >= 4 is 46.1 Å². The summed E-state index contributed by atoms with van der Waals surface area (Å²) in [5, 5.41) is 3.79. The Bertz CT molecular complexity index is 937. The molecule has 1 unspecified atom stereocenters. The Morgan fingerprint density at radius 1 is 1.12 bits per heavy atom. The van der Waals surface area contributed by atoms with Gasteiger partial charge in [0, 0.05) is 68.3 Å². The number of nitrogens with zero attached hydrogens (tertiary/aromatic N) is 3. The summed E-state index contributed by atoms with van der Waals surface area (Å²) in [6, 6.07) is 11.8. The molecular weight excluding hydrogens is 471 g/mol. The Hall–Kier alpha value is -1.68. The van der Waals surface area contributed by atoms with E-state index in [1.54, 1.807) is 36.4 Å². The molecule has 1 heterocycles. The van der Waals surface area contributed by atoms with Gasteiger partial charge < -0.3 is 19.1 Å². The zero-order chi connectivity index (χ0) is 23.1. The molecule has 32 heavy (non-hydrogen) atoms. The van der Waals surface area contributed by atoms with Crippen molar-refractivity contribution in [3.63, 3.8) is 0 Å². The Kier molecular flexibility index (Phi) is 9.34. The van der Waals surface area contributed by atoms with Crippen LogP contribution in [0, 0.1) is 0 Å². The number of hydrogen-bond acceptors (Lipinski definition) is 5. The molecular formula is C22H27Cl2N4O3S-. The maximum atomic E-state index is 12.4. The molecule has 1 aliphatic heterocycles. The molecule has 1 fully saturated rings. The molecule has 0 bridgehead atoms. The maximum absolute atomic E-state index is 12.4. The number of nitrogens with one attached hydrogen (secondary N) is 1. The number of carbonyl (C=O) groups excluding carboxylic acids is 1. The van der Waals surface area contributed by atoms with E-state index in [1.165, 1.54) is 4.31 Å². The third kappa shape index (κ3) is 6.91. The topological polar surface area (TPSA) is 79.0 Å². The van der Waals surface area contributed by atoms with Crippen LogP contribution in [0.25, 0.3) is 0 Å². The molecule has 3 rings (SSSR count). The highest BCUT2D eigenvalue weighted by molar-refractivity contribution is 7.80. The van der Waals surface area contributed by atoms with Gasteiger partial charge >= 0.3 is 0 Å². The number of amides is 1. The number of benzene rings is 2. The molecule has 1 N–H and O–H groups in total. The summed E-state index contributed by atoms with van der Waals surface area (Å²) >= 11 is 9.76. The summed E-state index contributed by atoms with van der Waals surface area (Å²) in [5.41, 5.74) is 1.73. The highest BCUT2D eigenvalue weighted by atomic mass is 35.5. The first kappa shape index (κ1) is 25.0. The van der Waals surface area contributed by atoms with Crippen molar-refractivity contribution in [3.8, 4) is 0 Å². The second kappa shape index (κ2) is 12.0. The van der Waals surface area contributed by atoms with Crippen LogP contribution in [0.5, 0.6) is 0 Å². The van der Waals surface area contributed by atoms with Crippen LogP contribution in [0.3, 0.4) is 0 Å². The average molecular weight is 498 g/mol. The van der Waals surface area contributed by atoms with Crippen molar-refractivity contribution in [3.05, 3.63) is 63.6 Å². The van der Waals surface area contributed by atoms with E-state index >= 15 is 0 Å². The predicted molar refractivity (Wildman–Crippen MR) is 129 cm³/mol. The van der Waals surface area contributed by atoms with Gasteiger partial charge in [-0.2, -0.15) is 0 Å². The van der Waals surface area contributed by atoms with Gasteiger partial charge in [0.25, 0.3) is 5.91 Å². The summed E-state index contributed by atoms with van der Waals surface area (Å²) in [5.74, 6) is -0.175. The molecule has 174 valence electrons. The van der Waals surface area contributed by atoms with Crippen LogP contribution in [0.4, 0.5) is 5.69 Å². The van der Waals surface area contributed by atoms with Crippen LogP contribution < -0.4 is 9.62 Å². The first-order chi connectivity index (χ1) is 15.3. The second-order valence-electron chi connectivity index (χ2n) is 7.73. The lowest BCUT2D eigenvalue weighted by molar-refractivity contribution is 0.0941. The van der Waals surface area contributed by atoms with Crippen molar-refractivity contribution in [1.82, 2.24) is 15.1 Å². The van der Waals surface area contributed by atoms with Crippen molar-refractivity contribution in [2.75, 3.05) is 57.2 Å². The summed E-state index contributed by atoms with van der Waals surface area (Å²) in [4.78, 5) is 17.1. The summed E-state index contributed by atoms with van der Waals surface area (Å²) in [6.07, 6.45) is 0.405. The van der Waals surface area contributed by atoms with Crippen molar-refractivity contribution in [1.29, 1.82) is 0 Å². The quantitative estimate of drug-likeness (QED) is 0.538. The van der Waals surface area contributed by atoms with Gasteiger partial charge in [0.15, 0.2) is 0 Å². The van der Waals surface area contributed by atoms with Gasteiger partial charge in [0.1, 0.15) is 0 Å². The summed E-state index contributed by atoms with van der Waals surface area (Å²) in [6.45, 7) is 5.67. The molecule has 2 aromatic rings. The highest BCUT2D eigenvalue weighted by Crippen LogP contribution is 2.26. The van der Waals surface area contributed by atoms with Crippen LogP contribution in [-0.4, -0.2) is 77.3 Å². The van der Waals surface area contributed by atoms with Crippen molar-refractivity contribution < 1.29 is 13.6 Å². The maximum Gasteiger partial charge on any atom is 0.251 e. The molecule has 1 amide bonds. The molecule has 0 saturated carbocycles. The molecule has 0 radical (unpaired) electrons. The average Bonchev–Trinajstić information content (AvgIpc) is 2.78. The first-order valence-electron chi connectivity index (χ1n) is 10.4. The van der Waals surface area contributed by atoms with Gasteiger partial charge in [-0.25, -0.2) is 0 Å². The van der Waals surface area contributed by atoms with Crippen LogP contribution >= 0.6 is 23.2 Å². The fourth-order valence-electron chi connectivity index (χ4n) is 3.53. The van der Waals surface area contributed by atoms with E-state index < -0.39 is 11.3 Å². The molecule has 0 spiro atoms. The summed E-state index contributed by atoms with van der Waals surface area (Å²) < 4.78 is 24.8. The standard InChI is InChI=1S/C22H28Cl2N4O3S/c1-26-13-15-27(16-14-26)12-10-25-22(29)18-5-7-19(8-6-18)28(32(30)31)11-9-17-3-2-4-20(23)21(17)24/h2-8H,9-16H2,1H3,(H,25,29)(H,30,31)/p-1. The number of likely N-dealkylation sites (N-methyl/N-ethyl adjacent to an activating group) is 1. The molecule has 1 atom stereocenters. The minimum atomic E-state index is -2.47. The smallest absolute Gasteiger partial charge is 0.251 e. The number of piperazine rings is 1. The monoisotopic (exact) mass is 497 g/mol. The lowest BCUT2D eigenvalue weighted by Gasteiger charge is -2.32.